The maximum atomic E-state index is 11.8. The molecule has 0 bridgehead atoms. The highest BCUT2D eigenvalue weighted by atomic mass is 16.5. The molecule has 1 aromatic rings. The van der Waals surface area contributed by atoms with Gasteiger partial charge in [0.15, 0.2) is 6.61 Å². The fourth-order valence-corrected chi connectivity index (χ4v) is 1.70. The van der Waals surface area contributed by atoms with Crippen LogP contribution in [0.4, 0.5) is 0 Å². The predicted octanol–water partition coefficient (Wildman–Crippen LogP) is 1.53. The van der Waals surface area contributed by atoms with E-state index in [1.807, 2.05) is 19.9 Å². The number of carbonyl (C=O) groups is 3. The zero-order valence-corrected chi connectivity index (χ0v) is 13.1. The molecule has 1 N–H and O–H groups in total. The molecule has 0 spiro atoms. The molecule has 1 amide bonds. The van der Waals surface area contributed by atoms with Crippen LogP contribution in [0.15, 0.2) is 18.2 Å². The van der Waals surface area contributed by atoms with Crippen molar-refractivity contribution in [3.05, 3.63) is 34.9 Å². The van der Waals surface area contributed by atoms with E-state index < -0.39 is 11.9 Å². The Kier molecular flexibility index (Phi) is 7.08. The minimum Gasteiger partial charge on any atom is -0.469 e. The van der Waals surface area contributed by atoms with Crippen LogP contribution in [0.25, 0.3) is 0 Å². The standard InChI is InChI=1S/C16H21NO5/c1-11-6-7-13(9-12(11)2)16(20)22-10-14(18)17-8-4-5-15(19)21-3/h6-7,9H,4-5,8,10H2,1-3H3,(H,17,18). The fraction of sp³-hybridized carbons (Fsp3) is 0.438. The predicted molar refractivity (Wildman–Crippen MR) is 80.5 cm³/mol. The molecule has 0 aliphatic carbocycles. The summed E-state index contributed by atoms with van der Waals surface area (Å²) >= 11 is 0. The van der Waals surface area contributed by atoms with Gasteiger partial charge in [0.2, 0.25) is 0 Å². The topological polar surface area (TPSA) is 81.7 Å². The van der Waals surface area contributed by atoms with Crippen molar-refractivity contribution in [1.82, 2.24) is 5.32 Å². The van der Waals surface area contributed by atoms with Gasteiger partial charge < -0.3 is 14.8 Å². The van der Waals surface area contributed by atoms with Crippen LogP contribution in [0, 0.1) is 13.8 Å². The molecule has 0 fully saturated rings. The second-order valence-corrected chi connectivity index (χ2v) is 4.90. The quantitative estimate of drug-likeness (QED) is 0.610. The number of rotatable bonds is 7. The Morgan fingerprint density at radius 1 is 1.14 bits per heavy atom. The highest BCUT2D eigenvalue weighted by Gasteiger charge is 2.11. The summed E-state index contributed by atoms with van der Waals surface area (Å²) in [5, 5.41) is 2.57. The molecule has 0 heterocycles. The molecule has 1 rings (SSSR count). The molecule has 1 aromatic carbocycles. The molecule has 6 nitrogen and oxygen atoms in total. The molecular weight excluding hydrogens is 286 g/mol. The zero-order valence-electron chi connectivity index (χ0n) is 13.1. The third-order valence-corrected chi connectivity index (χ3v) is 3.18. The van der Waals surface area contributed by atoms with Crippen molar-refractivity contribution in [3.63, 3.8) is 0 Å². The number of carbonyl (C=O) groups excluding carboxylic acids is 3. The third-order valence-electron chi connectivity index (χ3n) is 3.18. The fourth-order valence-electron chi connectivity index (χ4n) is 1.70. The van der Waals surface area contributed by atoms with E-state index in [1.165, 1.54) is 7.11 Å². The Morgan fingerprint density at radius 2 is 1.86 bits per heavy atom. The molecule has 0 unspecified atom stereocenters. The van der Waals surface area contributed by atoms with Gasteiger partial charge in [0.25, 0.3) is 5.91 Å². The van der Waals surface area contributed by atoms with Crippen molar-refractivity contribution in [1.29, 1.82) is 0 Å². The van der Waals surface area contributed by atoms with Gasteiger partial charge in [-0.3, -0.25) is 9.59 Å². The second kappa shape index (κ2) is 8.81. The molecule has 22 heavy (non-hydrogen) atoms. The van der Waals surface area contributed by atoms with E-state index in [4.69, 9.17) is 4.74 Å². The van der Waals surface area contributed by atoms with Gasteiger partial charge in [-0.25, -0.2) is 4.79 Å². The zero-order chi connectivity index (χ0) is 16.5. The van der Waals surface area contributed by atoms with Crippen molar-refractivity contribution in [3.8, 4) is 0 Å². The first kappa shape index (κ1) is 17.7. The van der Waals surface area contributed by atoms with Gasteiger partial charge >= 0.3 is 11.9 Å². The summed E-state index contributed by atoms with van der Waals surface area (Å²) < 4.78 is 9.42. The van der Waals surface area contributed by atoms with Gasteiger partial charge in [-0.15, -0.1) is 0 Å². The summed E-state index contributed by atoms with van der Waals surface area (Å²) in [6.07, 6.45) is 0.711. The minimum absolute atomic E-state index is 0.235. The molecule has 0 atom stereocenters. The van der Waals surface area contributed by atoms with E-state index in [-0.39, 0.29) is 19.0 Å². The number of benzene rings is 1. The van der Waals surface area contributed by atoms with Crippen molar-refractivity contribution < 1.29 is 23.9 Å². The Balaban J connectivity index is 2.30. The summed E-state index contributed by atoms with van der Waals surface area (Å²) in [6, 6.07) is 5.23. The van der Waals surface area contributed by atoms with E-state index in [2.05, 4.69) is 10.1 Å². The highest BCUT2D eigenvalue weighted by Crippen LogP contribution is 2.10. The second-order valence-electron chi connectivity index (χ2n) is 4.90. The van der Waals surface area contributed by atoms with E-state index in [0.717, 1.165) is 11.1 Å². The number of methoxy groups -OCH3 is 1. The van der Waals surface area contributed by atoms with Crippen molar-refractivity contribution in [2.24, 2.45) is 0 Å². The van der Waals surface area contributed by atoms with Gasteiger partial charge in [0, 0.05) is 13.0 Å². The summed E-state index contributed by atoms with van der Waals surface area (Å²) in [6.45, 7) is 3.84. The van der Waals surface area contributed by atoms with Crippen molar-refractivity contribution in [2.45, 2.75) is 26.7 Å². The van der Waals surface area contributed by atoms with Gasteiger partial charge in [-0.1, -0.05) is 6.07 Å². The lowest BCUT2D eigenvalue weighted by atomic mass is 10.1. The number of hydrogen-bond donors (Lipinski definition) is 1. The van der Waals surface area contributed by atoms with Crippen LogP contribution in [-0.2, 0) is 19.1 Å². The first-order valence-corrected chi connectivity index (χ1v) is 7.02. The number of hydrogen-bond acceptors (Lipinski definition) is 5. The van der Waals surface area contributed by atoms with Crippen molar-refractivity contribution in [2.75, 3.05) is 20.3 Å². The number of amides is 1. The molecule has 0 saturated heterocycles. The Morgan fingerprint density at radius 3 is 2.50 bits per heavy atom. The van der Waals surface area contributed by atoms with Gasteiger partial charge in [-0.2, -0.15) is 0 Å². The summed E-state index contributed by atoms with van der Waals surface area (Å²) in [5.41, 5.74) is 2.49. The number of aryl methyl sites for hydroxylation is 2. The Labute approximate surface area is 129 Å². The maximum absolute atomic E-state index is 11.8. The van der Waals surface area contributed by atoms with E-state index in [0.29, 0.717) is 18.5 Å². The first-order valence-electron chi connectivity index (χ1n) is 7.02. The normalized spacial score (nSPS) is 9.95. The average molecular weight is 307 g/mol. The number of esters is 2. The smallest absolute Gasteiger partial charge is 0.338 e. The minimum atomic E-state index is -0.534. The molecule has 120 valence electrons. The molecular formula is C16H21NO5. The Hall–Kier alpha value is -2.37. The molecule has 0 aliphatic rings. The van der Waals surface area contributed by atoms with Gasteiger partial charge in [0.05, 0.1) is 12.7 Å². The van der Waals surface area contributed by atoms with Gasteiger partial charge in [0.1, 0.15) is 0 Å². The van der Waals surface area contributed by atoms with Crippen LogP contribution in [-0.4, -0.2) is 38.1 Å². The molecule has 0 radical (unpaired) electrons. The lowest BCUT2D eigenvalue weighted by Gasteiger charge is -2.07. The van der Waals surface area contributed by atoms with Crippen molar-refractivity contribution >= 4 is 17.8 Å². The lowest BCUT2D eigenvalue weighted by molar-refractivity contribution is -0.140. The van der Waals surface area contributed by atoms with Crippen LogP contribution < -0.4 is 5.32 Å². The van der Waals surface area contributed by atoms with Crippen LogP contribution in [0.2, 0.25) is 0 Å². The monoisotopic (exact) mass is 307 g/mol. The highest BCUT2D eigenvalue weighted by molar-refractivity contribution is 5.91. The van der Waals surface area contributed by atoms with Gasteiger partial charge in [-0.05, 0) is 43.5 Å². The lowest BCUT2D eigenvalue weighted by Crippen LogP contribution is -2.29. The first-order chi connectivity index (χ1) is 10.4. The van der Waals surface area contributed by atoms with Crippen LogP contribution in [0.1, 0.15) is 34.3 Å². The average Bonchev–Trinajstić information content (AvgIpc) is 2.51. The van der Waals surface area contributed by atoms with E-state index in [9.17, 15) is 14.4 Å². The number of nitrogens with one attached hydrogen (secondary N) is 1. The SMILES string of the molecule is COC(=O)CCCNC(=O)COC(=O)c1ccc(C)c(C)c1. The molecule has 6 heteroatoms. The largest absolute Gasteiger partial charge is 0.469 e. The van der Waals surface area contributed by atoms with Crippen LogP contribution >= 0.6 is 0 Å². The maximum Gasteiger partial charge on any atom is 0.338 e. The third kappa shape index (κ3) is 5.95. The molecule has 0 aliphatic heterocycles. The molecule has 0 aromatic heterocycles. The van der Waals surface area contributed by atoms with E-state index in [1.54, 1.807) is 12.1 Å². The summed E-state index contributed by atoms with van der Waals surface area (Å²) in [5.74, 6) is -1.26. The van der Waals surface area contributed by atoms with Crippen LogP contribution in [0.5, 0.6) is 0 Å². The summed E-state index contributed by atoms with van der Waals surface area (Å²) in [7, 11) is 1.31. The Bertz CT molecular complexity index is 553. The summed E-state index contributed by atoms with van der Waals surface area (Å²) in [4.78, 5) is 34.2. The van der Waals surface area contributed by atoms with Crippen LogP contribution in [0.3, 0.4) is 0 Å². The molecule has 0 saturated carbocycles. The number of ether oxygens (including phenoxy) is 2. The van der Waals surface area contributed by atoms with E-state index >= 15 is 0 Å².